The Labute approximate surface area is 155 Å². The summed E-state index contributed by atoms with van der Waals surface area (Å²) in [6, 6.07) is 4.84. The lowest BCUT2D eigenvalue weighted by atomic mass is 10.1. The monoisotopic (exact) mass is 362 g/mol. The Balaban J connectivity index is 1.28. The van der Waals surface area contributed by atoms with Gasteiger partial charge in [-0.2, -0.15) is 0 Å². The van der Waals surface area contributed by atoms with E-state index in [9.17, 15) is 4.79 Å². The van der Waals surface area contributed by atoms with Crippen molar-refractivity contribution in [3.05, 3.63) is 21.9 Å². The van der Waals surface area contributed by atoms with Crippen LogP contribution in [0.1, 0.15) is 49.0 Å². The largest absolute Gasteiger partial charge is 0.373 e. The summed E-state index contributed by atoms with van der Waals surface area (Å²) in [6.45, 7) is 8.29. The number of carbonyl (C=O) groups is 1. The highest BCUT2D eigenvalue weighted by Gasteiger charge is 2.59. The zero-order chi connectivity index (χ0) is 17.6. The fourth-order valence-electron chi connectivity index (χ4n) is 4.44. The summed E-state index contributed by atoms with van der Waals surface area (Å²) in [5, 5.41) is 0. The van der Waals surface area contributed by atoms with Gasteiger partial charge in [0.25, 0.3) is 0 Å². The fourth-order valence-corrected chi connectivity index (χ4v) is 5.58. The Kier molecular flexibility index (Phi) is 4.91. The van der Waals surface area contributed by atoms with Gasteiger partial charge in [-0.1, -0.05) is 0 Å². The van der Waals surface area contributed by atoms with E-state index < -0.39 is 0 Å². The molecule has 1 aromatic rings. The zero-order valence-corrected chi connectivity index (χ0v) is 16.4. The van der Waals surface area contributed by atoms with Crippen molar-refractivity contribution in [2.75, 3.05) is 26.7 Å². The molecule has 1 aromatic heterocycles. The summed E-state index contributed by atoms with van der Waals surface area (Å²) < 4.78 is 5.91. The molecule has 2 saturated heterocycles. The van der Waals surface area contributed by atoms with Crippen LogP contribution in [-0.4, -0.2) is 48.5 Å². The smallest absolute Gasteiger partial charge is 0.226 e. The maximum atomic E-state index is 12.5. The predicted molar refractivity (Wildman–Crippen MR) is 101 cm³/mol. The normalized spacial score (nSPS) is 32.0. The maximum Gasteiger partial charge on any atom is 0.226 e. The highest BCUT2D eigenvalue weighted by Crippen LogP contribution is 2.53. The molecule has 3 fully saturated rings. The van der Waals surface area contributed by atoms with E-state index >= 15 is 0 Å². The lowest BCUT2D eigenvalue weighted by molar-refractivity contribution is -0.133. The van der Waals surface area contributed by atoms with Crippen LogP contribution in [0.3, 0.4) is 0 Å². The number of amides is 1. The van der Waals surface area contributed by atoms with Crippen molar-refractivity contribution in [2.24, 2.45) is 17.8 Å². The van der Waals surface area contributed by atoms with Gasteiger partial charge >= 0.3 is 0 Å². The van der Waals surface area contributed by atoms with E-state index in [1.807, 2.05) is 23.3 Å². The molecule has 4 rings (SSSR count). The molecule has 0 aromatic carbocycles. The van der Waals surface area contributed by atoms with Crippen molar-refractivity contribution < 1.29 is 9.53 Å². The Morgan fingerprint density at radius 1 is 1.32 bits per heavy atom. The molecule has 138 valence electrons. The number of likely N-dealkylation sites (tertiary alicyclic amines) is 1. The van der Waals surface area contributed by atoms with Crippen LogP contribution in [0.2, 0.25) is 0 Å². The lowest BCUT2D eigenvalue weighted by Gasteiger charge is -2.24. The number of thiophene rings is 1. The molecule has 0 bridgehead atoms. The number of carbonyl (C=O) groups excluding carboxylic acids is 1. The summed E-state index contributed by atoms with van der Waals surface area (Å²) in [5.74, 6) is 1.83. The van der Waals surface area contributed by atoms with E-state index in [4.69, 9.17) is 4.74 Å². The molecular formula is C20H30N2O2S. The van der Waals surface area contributed by atoms with Gasteiger partial charge < -0.3 is 9.64 Å². The molecule has 5 heteroatoms. The lowest BCUT2D eigenvalue weighted by Crippen LogP contribution is -2.37. The second-order valence-corrected chi connectivity index (χ2v) is 9.45. The molecule has 1 amide bonds. The number of hydrogen-bond acceptors (Lipinski definition) is 4. The van der Waals surface area contributed by atoms with Gasteiger partial charge in [0.15, 0.2) is 0 Å². The Morgan fingerprint density at radius 2 is 2.08 bits per heavy atom. The summed E-state index contributed by atoms with van der Waals surface area (Å²) in [4.78, 5) is 19.8. The van der Waals surface area contributed by atoms with Crippen LogP contribution in [0.5, 0.6) is 0 Å². The minimum Gasteiger partial charge on any atom is -0.373 e. The standard InChI is InChI=1S/C20H30N2O2S/c1-13(2)21(3)20(23)19-15-11-22(12-16(15)19)10-14-7-8-18(25-14)17-6-4-5-9-24-17/h7-8,13,15-17,19H,4-6,9-12H2,1-3H3/t15-,16+,17-,19?/m0/s1. The first-order valence-corrected chi connectivity index (χ1v) is 10.6. The Bertz CT molecular complexity index is 611. The van der Waals surface area contributed by atoms with Crippen molar-refractivity contribution in [1.82, 2.24) is 9.80 Å². The second-order valence-electron chi connectivity index (χ2n) is 8.25. The topological polar surface area (TPSA) is 32.8 Å². The van der Waals surface area contributed by atoms with Crippen molar-refractivity contribution in [1.29, 1.82) is 0 Å². The zero-order valence-electron chi connectivity index (χ0n) is 15.6. The van der Waals surface area contributed by atoms with E-state index in [0.29, 0.717) is 29.9 Å². The van der Waals surface area contributed by atoms with Gasteiger partial charge in [0.1, 0.15) is 0 Å². The van der Waals surface area contributed by atoms with Crippen LogP contribution >= 0.6 is 11.3 Å². The Hall–Kier alpha value is -0.910. The molecule has 0 spiro atoms. The highest BCUT2D eigenvalue weighted by atomic mass is 32.1. The molecule has 1 aliphatic carbocycles. The van der Waals surface area contributed by atoms with E-state index in [0.717, 1.165) is 26.2 Å². The summed E-state index contributed by atoms with van der Waals surface area (Å²) in [6.07, 6.45) is 3.99. The van der Waals surface area contributed by atoms with Crippen molar-refractivity contribution in [3.8, 4) is 0 Å². The number of hydrogen-bond donors (Lipinski definition) is 0. The molecule has 0 radical (unpaired) electrons. The van der Waals surface area contributed by atoms with E-state index in [1.165, 1.54) is 29.0 Å². The van der Waals surface area contributed by atoms with Gasteiger partial charge in [0.05, 0.1) is 6.10 Å². The summed E-state index contributed by atoms with van der Waals surface area (Å²) in [7, 11) is 1.94. The first-order chi connectivity index (χ1) is 12.0. The summed E-state index contributed by atoms with van der Waals surface area (Å²) >= 11 is 1.92. The average Bonchev–Trinajstić information content (AvgIpc) is 2.97. The molecule has 1 saturated carbocycles. The van der Waals surface area contributed by atoms with Gasteiger partial charge in [-0.3, -0.25) is 9.69 Å². The SMILES string of the molecule is CC(C)N(C)C(=O)C1[C@H]2CN(Cc3ccc([C@@H]4CCCCO4)s3)C[C@@H]12. The average molecular weight is 363 g/mol. The van der Waals surface area contributed by atoms with E-state index in [1.54, 1.807) is 0 Å². The molecule has 3 aliphatic rings. The van der Waals surface area contributed by atoms with Gasteiger partial charge in [-0.15, -0.1) is 11.3 Å². The first-order valence-electron chi connectivity index (χ1n) is 9.74. The molecule has 4 atom stereocenters. The van der Waals surface area contributed by atoms with Crippen LogP contribution in [0, 0.1) is 17.8 Å². The molecule has 25 heavy (non-hydrogen) atoms. The number of piperidine rings is 1. The van der Waals surface area contributed by atoms with Gasteiger partial charge in [-0.05, 0) is 57.1 Å². The molecule has 0 N–H and O–H groups in total. The summed E-state index contributed by atoms with van der Waals surface area (Å²) in [5.41, 5.74) is 0. The van der Waals surface area contributed by atoms with E-state index in [-0.39, 0.29) is 5.92 Å². The highest BCUT2D eigenvalue weighted by molar-refractivity contribution is 7.12. The molecule has 2 aliphatic heterocycles. The number of fused-ring (bicyclic) bond motifs is 1. The first kappa shape index (κ1) is 17.5. The van der Waals surface area contributed by atoms with Crippen LogP contribution in [-0.2, 0) is 16.1 Å². The molecule has 1 unspecified atom stereocenters. The third kappa shape index (κ3) is 3.51. The van der Waals surface area contributed by atoms with Gasteiger partial charge in [-0.25, -0.2) is 0 Å². The molecule has 3 heterocycles. The third-order valence-electron chi connectivity index (χ3n) is 6.24. The minimum absolute atomic E-state index is 0.290. The van der Waals surface area contributed by atoms with Crippen molar-refractivity contribution >= 4 is 17.2 Å². The number of ether oxygens (including phenoxy) is 1. The number of rotatable bonds is 5. The van der Waals surface area contributed by atoms with Crippen LogP contribution in [0.15, 0.2) is 12.1 Å². The van der Waals surface area contributed by atoms with Gasteiger partial charge in [0, 0.05) is 55.0 Å². The van der Waals surface area contributed by atoms with Crippen LogP contribution < -0.4 is 0 Å². The second kappa shape index (κ2) is 7.01. The quantitative estimate of drug-likeness (QED) is 0.803. The predicted octanol–water partition coefficient (Wildman–Crippen LogP) is 3.53. The van der Waals surface area contributed by atoms with E-state index in [2.05, 4.69) is 30.9 Å². The third-order valence-corrected chi connectivity index (χ3v) is 7.40. The Morgan fingerprint density at radius 3 is 2.72 bits per heavy atom. The number of nitrogens with zero attached hydrogens (tertiary/aromatic N) is 2. The minimum atomic E-state index is 0.290. The van der Waals surface area contributed by atoms with Crippen molar-refractivity contribution in [2.45, 2.75) is 51.8 Å². The molecule has 4 nitrogen and oxygen atoms in total. The van der Waals surface area contributed by atoms with Crippen LogP contribution in [0.25, 0.3) is 0 Å². The fraction of sp³-hybridized carbons (Fsp3) is 0.750. The maximum absolute atomic E-state index is 12.5. The van der Waals surface area contributed by atoms with Gasteiger partial charge in [0.2, 0.25) is 5.91 Å². The van der Waals surface area contributed by atoms with Crippen LogP contribution in [0.4, 0.5) is 0 Å². The molecular weight excluding hydrogens is 332 g/mol. The van der Waals surface area contributed by atoms with Crippen molar-refractivity contribution in [3.63, 3.8) is 0 Å².